The first kappa shape index (κ1) is 18.4. The molecular weight excluding hydrogens is 352 g/mol. The van der Waals surface area contributed by atoms with Crippen LogP contribution in [0.1, 0.15) is 22.7 Å². The van der Waals surface area contributed by atoms with Gasteiger partial charge in [0.05, 0.1) is 13.0 Å². The summed E-state index contributed by atoms with van der Waals surface area (Å²) in [5, 5.41) is 3.52. The maximum absolute atomic E-state index is 13.0. The van der Waals surface area contributed by atoms with Gasteiger partial charge in [-0.2, -0.15) is 0 Å². The number of hydrogen-bond donors (Lipinski definition) is 1. The van der Waals surface area contributed by atoms with Crippen LogP contribution < -0.4 is 5.32 Å². The van der Waals surface area contributed by atoms with Gasteiger partial charge in [-0.25, -0.2) is 0 Å². The van der Waals surface area contributed by atoms with Crippen LogP contribution in [0.5, 0.6) is 0 Å². The molecule has 0 aromatic heterocycles. The Hall–Kier alpha value is -2.37. The maximum Gasteiger partial charge on any atom is 0.247 e. The van der Waals surface area contributed by atoms with Crippen LogP contribution in [0.25, 0.3) is 0 Å². The number of amides is 2. The molecule has 0 saturated carbocycles. The van der Waals surface area contributed by atoms with Crippen molar-refractivity contribution in [3.63, 3.8) is 0 Å². The molecule has 1 aliphatic rings. The zero-order chi connectivity index (χ0) is 18.5. The molecule has 0 spiro atoms. The number of carbonyl (C=O) groups is 2. The Kier molecular flexibility index (Phi) is 5.91. The number of hydrogen-bond acceptors (Lipinski definition) is 3. The van der Waals surface area contributed by atoms with Gasteiger partial charge in [-0.1, -0.05) is 54.1 Å². The van der Waals surface area contributed by atoms with Gasteiger partial charge in [0.1, 0.15) is 6.04 Å². The summed E-state index contributed by atoms with van der Waals surface area (Å²) >= 11 is 6.16. The minimum Gasteiger partial charge on any atom is -0.383 e. The predicted molar refractivity (Wildman–Crippen MR) is 99.8 cm³/mol. The third kappa shape index (κ3) is 3.89. The first-order valence-electron chi connectivity index (χ1n) is 8.49. The van der Waals surface area contributed by atoms with Gasteiger partial charge in [0, 0.05) is 25.2 Å². The van der Waals surface area contributed by atoms with Gasteiger partial charge in [-0.05, 0) is 22.8 Å². The lowest BCUT2D eigenvalue weighted by Crippen LogP contribution is -2.48. The Bertz CT molecular complexity index is 809. The summed E-state index contributed by atoms with van der Waals surface area (Å²) in [5.41, 5.74) is 2.59. The summed E-state index contributed by atoms with van der Waals surface area (Å²) in [6.07, 6.45) is 0.300. The molecule has 2 aromatic carbocycles. The third-order valence-electron chi connectivity index (χ3n) is 4.52. The van der Waals surface area contributed by atoms with Crippen molar-refractivity contribution in [1.82, 2.24) is 10.2 Å². The molecule has 6 heteroatoms. The van der Waals surface area contributed by atoms with Crippen molar-refractivity contribution in [2.24, 2.45) is 0 Å². The molecule has 1 heterocycles. The van der Waals surface area contributed by atoms with Gasteiger partial charge < -0.3 is 15.0 Å². The minimum absolute atomic E-state index is 0.0707. The number of benzene rings is 2. The lowest BCUT2D eigenvalue weighted by atomic mass is 9.91. The zero-order valence-electron chi connectivity index (χ0n) is 14.6. The van der Waals surface area contributed by atoms with E-state index in [1.165, 1.54) is 0 Å². The summed E-state index contributed by atoms with van der Waals surface area (Å²) in [6.45, 7) is 1.06. The molecule has 0 saturated heterocycles. The van der Waals surface area contributed by atoms with Crippen LogP contribution in [0.4, 0.5) is 0 Å². The highest BCUT2D eigenvalue weighted by molar-refractivity contribution is 6.31. The lowest BCUT2D eigenvalue weighted by Gasteiger charge is -2.36. The fourth-order valence-electron chi connectivity index (χ4n) is 3.19. The highest BCUT2D eigenvalue weighted by atomic mass is 35.5. The fraction of sp³-hybridized carbons (Fsp3) is 0.300. The SMILES string of the molecule is COCCN1C(=O)Cc2ccccc2C1C(=O)NCc1ccccc1Cl. The molecule has 3 rings (SSSR count). The molecule has 5 nitrogen and oxygen atoms in total. The molecule has 0 radical (unpaired) electrons. The highest BCUT2D eigenvalue weighted by Gasteiger charge is 2.36. The van der Waals surface area contributed by atoms with Crippen LogP contribution in [0.2, 0.25) is 5.02 Å². The van der Waals surface area contributed by atoms with Crippen molar-refractivity contribution in [1.29, 1.82) is 0 Å². The molecule has 136 valence electrons. The number of halogens is 1. The quantitative estimate of drug-likeness (QED) is 0.848. The van der Waals surface area contributed by atoms with Crippen molar-refractivity contribution in [2.75, 3.05) is 20.3 Å². The van der Waals surface area contributed by atoms with Crippen LogP contribution >= 0.6 is 11.6 Å². The third-order valence-corrected chi connectivity index (χ3v) is 4.89. The van der Waals surface area contributed by atoms with Gasteiger partial charge in [0.2, 0.25) is 11.8 Å². The van der Waals surface area contributed by atoms with E-state index in [0.717, 1.165) is 16.7 Å². The number of rotatable bonds is 6. The Balaban J connectivity index is 1.84. The Morgan fingerprint density at radius 2 is 1.96 bits per heavy atom. The van der Waals surface area contributed by atoms with E-state index in [1.807, 2.05) is 42.5 Å². The van der Waals surface area contributed by atoms with E-state index in [9.17, 15) is 9.59 Å². The van der Waals surface area contributed by atoms with Crippen LogP contribution in [-0.4, -0.2) is 37.0 Å². The predicted octanol–water partition coefficient (Wildman–Crippen LogP) is 2.73. The minimum atomic E-state index is -0.662. The topological polar surface area (TPSA) is 58.6 Å². The van der Waals surface area contributed by atoms with E-state index in [2.05, 4.69) is 5.32 Å². The molecular formula is C20H21ClN2O3. The number of methoxy groups -OCH3 is 1. The van der Waals surface area contributed by atoms with Gasteiger partial charge in [-0.15, -0.1) is 0 Å². The average molecular weight is 373 g/mol. The van der Waals surface area contributed by atoms with Gasteiger partial charge in [-0.3, -0.25) is 9.59 Å². The normalized spacial score (nSPS) is 16.3. The monoisotopic (exact) mass is 372 g/mol. The Labute approximate surface area is 157 Å². The fourth-order valence-corrected chi connectivity index (χ4v) is 3.39. The second kappa shape index (κ2) is 8.34. The van der Waals surface area contributed by atoms with Gasteiger partial charge in [0.25, 0.3) is 0 Å². The molecule has 26 heavy (non-hydrogen) atoms. The molecule has 2 aromatic rings. The van der Waals surface area contributed by atoms with E-state index in [-0.39, 0.29) is 11.8 Å². The highest BCUT2D eigenvalue weighted by Crippen LogP contribution is 2.30. The van der Waals surface area contributed by atoms with Crippen LogP contribution in [0, 0.1) is 0 Å². The van der Waals surface area contributed by atoms with Crippen molar-refractivity contribution >= 4 is 23.4 Å². The molecule has 1 atom stereocenters. The molecule has 0 bridgehead atoms. The second-order valence-corrected chi connectivity index (χ2v) is 6.57. The summed E-state index contributed by atoms with van der Waals surface area (Å²) in [6, 6.07) is 14.3. The van der Waals surface area contributed by atoms with Crippen LogP contribution in [0.3, 0.4) is 0 Å². The van der Waals surface area contributed by atoms with E-state index >= 15 is 0 Å². The molecule has 2 amide bonds. The van der Waals surface area contributed by atoms with E-state index in [1.54, 1.807) is 18.1 Å². The summed E-state index contributed by atoms with van der Waals surface area (Å²) in [7, 11) is 1.58. The van der Waals surface area contributed by atoms with E-state index in [4.69, 9.17) is 16.3 Å². The number of carbonyl (C=O) groups excluding carboxylic acids is 2. The second-order valence-electron chi connectivity index (χ2n) is 6.17. The average Bonchev–Trinajstić information content (AvgIpc) is 2.65. The van der Waals surface area contributed by atoms with Crippen LogP contribution in [0.15, 0.2) is 48.5 Å². The van der Waals surface area contributed by atoms with Gasteiger partial charge in [0.15, 0.2) is 0 Å². The summed E-state index contributed by atoms with van der Waals surface area (Å²) in [5.74, 6) is -0.292. The van der Waals surface area contributed by atoms with Crippen molar-refractivity contribution in [2.45, 2.75) is 19.0 Å². The van der Waals surface area contributed by atoms with Crippen molar-refractivity contribution < 1.29 is 14.3 Å². The van der Waals surface area contributed by atoms with E-state index < -0.39 is 6.04 Å². The molecule has 0 aliphatic carbocycles. The number of nitrogens with zero attached hydrogens (tertiary/aromatic N) is 1. The Morgan fingerprint density at radius 3 is 2.73 bits per heavy atom. The number of fused-ring (bicyclic) bond motifs is 1. The van der Waals surface area contributed by atoms with E-state index in [0.29, 0.717) is 31.1 Å². The number of ether oxygens (including phenoxy) is 1. The number of nitrogens with one attached hydrogen (secondary N) is 1. The standard InChI is InChI=1S/C20H21ClN2O3/c1-26-11-10-23-18(24)12-14-6-2-4-8-16(14)19(23)20(25)22-13-15-7-3-5-9-17(15)21/h2-9,19H,10-13H2,1H3,(H,22,25). The zero-order valence-corrected chi connectivity index (χ0v) is 15.3. The molecule has 1 unspecified atom stereocenters. The lowest BCUT2D eigenvalue weighted by molar-refractivity contribution is -0.142. The largest absolute Gasteiger partial charge is 0.383 e. The van der Waals surface area contributed by atoms with Crippen LogP contribution in [-0.2, 0) is 27.3 Å². The molecule has 1 N–H and O–H groups in total. The first-order chi connectivity index (χ1) is 12.6. The maximum atomic E-state index is 13.0. The molecule has 0 fully saturated rings. The summed E-state index contributed by atoms with van der Waals surface area (Å²) in [4.78, 5) is 27.1. The first-order valence-corrected chi connectivity index (χ1v) is 8.87. The smallest absolute Gasteiger partial charge is 0.247 e. The van der Waals surface area contributed by atoms with Crippen molar-refractivity contribution in [3.8, 4) is 0 Å². The molecule has 1 aliphatic heterocycles. The Morgan fingerprint density at radius 1 is 1.23 bits per heavy atom. The van der Waals surface area contributed by atoms with Gasteiger partial charge >= 0.3 is 0 Å². The van der Waals surface area contributed by atoms with Crippen molar-refractivity contribution in [3.05, 3.63) is 70.2 Å². The summed E-state index contributed by atoms with van der Waals surface area (Å²) < 4.78 is 5.11.